The largest absolute Gasteiger partial charge is 0.460 e. The maximum atomic E-state index is 11.3. The third-order valence-corrected chi connectivity index (χ3v) is 5.48. The number of anilines is 1. The summed E-state index contributed by atoms with van der Waals surface area (Å²) < 4.78 is 6.15. The lowest BCUT2D eigenvalue weighted by atomic mass is 9.99. The van der Waals surface area contributed by atoms with Crippen LogP contribution < -0.4 is 5.43 Å². The number of non-ortho nitro benzene ring substituents is 1. The Bertz CT molecular complexity index is 1410. The van der Waals surface area contributed by atoms with Gasteiger partial charge >= 0.3 is 5.69 Å². The van der Waals surface area contributed by atoms with E-state index in [1.807, 2.05) is 31.2 Å². The highest BCUT2D eigenvalue weighted by Gasteiger charge is 2.19. The highest BCUT2D eigenvalue weighted by atomic mass is 16.6. The predicted octanol–water partition coefficient (Wildman–Crippen LogP) is 6.65. The van der Waals surface area contributed by atoms with Crippen molar-refractivity contribution in [3.63, 3.8) is 0 Å². The van der Waals surface area contributed by atoms with Gasteiger partial charge in [-0.1, -0.05) is 48.0 Å². The number of nitrogens with zero attached hydrogens (tertiary/aromatic N) is 3. The second-order valence-electron chi connectivity index (χ2n) is 7.94. The van der Waals surface area contributed by atoms with E-state index in [4.69, 9.17) is 4.42 Å². The maximum Gasteiger partial charge on any atom is 0.301 e. The summed E-state index contributed by atoms with van der Waals surface area (Å²) in [4.78, 5) is 20.9. The molecule has 0 fully saturated rings. The van der Waals surface area contributed by atoms with Gasteiger partial charge in [-0.05, 0) is 38.0 Å². The second kappa shape index (κ2) is 9.53. The van der Waals surface area contributed by atoms with Gasteiger partial charge in [-0.3, -0.25) is 25.7 Å². The Morgan fingerprint density at radius 3 is 2.44 bits per heavy atom. The number of benzene rings is 3. The Balaban J connectivity index is 1.56. The maximum absolute atomic E-state index is 11.3. The molecule has 3 aromatic carbocycles. The number of hydrogen-bond donors (Lipinski definition) is 1. The number of nitro groups is 2. The highest BCUT2D eigenvalue weighted by molar-refractivity contribution is 5.96. The molecule has 0 aliphatic rings. The topological polar surface area (TPSA) is 124 Å². The summed E-state index contributed by atoms with van der Waals surface area (Å²) >= 11 is 0. The van der Waals surface area contributed by atoms with Crippen LogP contribution in [0.2, 0.25) is 0 Å². The molecule has 0 unspecified atom stereocenters. The molecular weight excluding hydrogens is 436 g/mol. The Kier molecular flexibility index (Phi) is 6.35. The fourth-order valence-electron chi connectivity index (χ4n) is 3.69. The van der Waals surface area contributed by atoms with Crippen LogP contribution in [0.1, 0.15) is 24.7 Å². The summed E-state index contributed by atoms with van der Waals surface area (Å²) in [6, 6.07) is 19.6. The average molecular weight is 458 g/mol. The van der Waals surface area contributed by atoms with Gasteiger partial charge in [0.15, 0.2) is 0 Å². The third-order valence-electron chi connectivity index (χ3n) is 5.48. The van der Waals surface area contributed by atoms with Gasteiger partial charge in [0.25, 0.3) is 5.69 Å². The summed E-state index contributed by atoms with van der Waals surface area (Å²) in [7, 11) is 0. The van der Waals surface area contributed by atoms with Crippen molar-refractivity contribution in [3.8, 4) is 11.1 Å². The molecule has 34 heavy (non-hydrogen) atoms. The van der Waals surface area contributed by atoms with Crippen molar-refractivity contribution < 1.29 is 14.3 Å². The molecule has 1 heterocycles. The van der Waals surface area contributed by atoms with Crippen LogP contribution in [0.3, 0.4) is 0 Å². The van der Waals surface area contributed by atoms with Gasteiger partial charge in [0, 0.05) is 29.1 Å². The molecule has 172 valence electrons. The minimum atomic E-state index is -0.678. The van der Waals surface area contributed by atoms with Crippen molar-refractivity contribution in [2.45, 2.75) is 26.7 Å². The first-order valence-corrected chi connectivity index (χ1v) is 10.6. The van der Waals surface area contributed by atoms with E-state index in [-0.39, 0.29) is 11.4 Å². The van der Waals surface area contributed by atoms with Gasteiger partial charge in [0.05, 0.1) is 15.9 Å². The first-order chi connectivity index (χ1) is 16.3. The van der Waals surface area contributed by atoms with Crippen molar-refractivity contribution >= 4 is 33.7 Å². The minimum absolute atomic E-state index is 0.0824. The molecule has 0 aliphatic heterocycles. The number of nitrogens with one attached hydrogen (secondary N) is 1. The number of aryl methyl sites for hydroxylation is 2. The van der Waals surface area contributed by atoms with Crippen LogP contribution in [-0.4, -0.2) is 15.6 Å². The molecule has 0 amide bonds. The summed E-state index contributed by atoms with van der Waals surface area (Å²) in [6.07, 6.45) is 1.13. The van der Waals surface area contributed by atoms with E-state index in [1.165, 1.54) is 17.7 Å². The lowest BCUT2D eigenvalue weighted by Gasteiger charge is -2.06. The number of fused-ring (bicyclic) bond motifs is 1. The monoisotopic (exact) mass is 458 g/mol. The van der Waals surface area contributed by atoms with Crippen molar-refractivity contribution in [1.82, 2.24) is 0 Å². The van der Waals surface area contributed by atoms with Crippen LogP contribution in [0.5, 0.6) is 0 Å². The van der Waals surface area contributed by atoms with Gasteiger partial charge < -0.3 is 4.42 Å². The van der Waals surface area contributed by atoms with Gasteiger partial charge in [-0.2, -0.15) is 5.10 Å². The van der Waals surface area contributed by atoms with E-state index in [1.54, 1.807) is 6.92 Å². The molecule has 4 rings (SSSR count). The van der Waals surface area contributed by atoms with Crippen LogP contribution in [0.15, 0.2) is 76.2 Å². The van der Waals surface area contributed by atoms with Crippen molar-refractivity contribution in [1.29, 1.82) is 0 Å². The van der Waals surface area contributed by atoms with Crippen molar-refractivity contribution in [2.75, 3.05) is 5.43 Å². The predicted molar refractivity (Wildman–Crippen MR) is 131 cm³/mol. The smallest absolute Gasteiger partial charge is 0.301 e. The highest BCUT2D eigenvalue weighted by Crippen LogP contribution is 2.36. The third kappa shape index (κ3) is 4.78. The zero-order valence-electron chi connectivity index (χ0n) is 18.6. The normalized spacial score (nSPS) is 11.5. The molecule has 0 saturated heterocycles. The summed E-state index contributed by atoms with van der Waals surface area (Å²) in [6.45, 7) is 3.85. The molecule has 0 saturated carbocycles. The van der Waals surface area contributed by atoms with Crippen LogP contribution in [-0.2, 0) is 6.42 Å². The minimum Gasteiger partial charge on any atom is -0.460 e. The van der Waals surface area contributed by atoms with Gasteiger partial charge in [-0.25, -0.2) is 0 Å². The summed E-state index contributed by atoms with van der Waals surface area (Å²) in [5, 5.41) is 27.5. The molecule has 0 bridgehead atoms. The second-order valence-corrected chi connectivity index (χ2v) is 7.94. The first kappa shape index (κ1) is 22.7. The number of nitro benzene ring substituents is 2. The Hall–Kier alpha value is -4.53. The zero-order valence-corrected chi connectivity index (χ0v) is 18.6. The van der Waals surface area contributed by atoms with Gasteiger partial charge in [0.1, 0.15) is 17.0 Å². The molecule has 0 spiro atoms. The van der Waals surface area contributed by atoms with Crippen molar-refractivity contribution in [3.05, 3.63) is 98.3 Å². The first-order valence-electron chi connectivity index (χ1n) is 10.6. The van der Waals surface area contributed by atoms with Gasteiger partial charge in [0.2, 0.25) is 0 Å². The number of hydrazone groups is 1. The molecule has 1 aromatic heterocycles. The Morgan fingerprint density at radius 1 is 1.00 bits per heavy atom. The zero-order chi connectivity index (χ0) is 24.2. The number of hydrogen-bond acceptors (Lipinski definition) is 7. The van der Waals surface area contributed by atoms with E-state index < -0.39 is 15.5 Å². The molecule has 0 radical (unpaired) electrons. The fraction of sp³-hybridized carbons (Fsp3) is 0.160. The van der Waals surface area contributed by atoms with E-state index in [0.29, 0.717) is 18.6 Å². The van der Waals surface area contributed by atoms with E-state index in [2.05, 4.69) is 34.8 Å². The van der Waals surface area contributed by atoms with Gasteiger partial charge in [-0.15, -0.1) is 0 Å². The SMILES string of the molecule is C/C(CCc1oc2ccccc2c1-c1ccc(C)cc1)=N\Nc1ccc([N+](=O)[O-])cc1[N+](=O)[O-]. The van der Waals surface area contributed by atoms with E-state index >= 15 is 0 Å². The Morgan fingerprint density at radius 2 is 1.74 bits per heavy atom. The lowest BCUT2D eigenvalue weighted by molar-refractivity contribution is -0.393. The Labute approximate surface area is 195 Å². The standard InChI is InChI=1S/C25H22N4O5/c1-16-7-10-18(11-8-16)25-20-5-3-4-6-23(20)34-24(25)14-9-17(2)26-27-21-13-12-19(28(30)31)15-22(21)29(32)33/h3-8,10-13,15,27H,9,14H2,1-2H3/b26-17+. The quantitative estimate of drug-likeness (QED) is 0.179. The van der Waals surface area contributed by atoms with E-state index in [0.717, 1.165) is 33.9 Å². The number of furan rings is 1. The lowest BCUT2D eigenvalue weighted by Crippen LogP contribution is -2.02. The van der Waals surface area contributed by atoms with Crippen molar-refractivity contribution in [2.24, 2.45) is 5.10 Å². The van der Waals surface area contributed by atoms with Crippen LogP contribution in [0.4, 0.5) is 17.1 Å². The molecule has 4 aromatic rings. The van der Waals surface area contributed by atoms with Crippen LogP contribution in [0.25, 0.3) is 22.1 Å². The molecule has 9 heteroatoms. The summed E-state index contributed by atoms with van der Waals surface area (Å²) in [5.41, 5.74) is 6.78. The molecular formula is C25H22N4O5. The molecule has 9 nitrogen and oxygen atoms in total. The van der Waals surface area contributed by atoms with E-state index in [9.17, 15) is 20.2 Å². The van der Waals surface area contributed by atoms with Crippen LogP contribution in [0, 0.1) is 27.2 Å². The fourth-order valence-corrected chi connectivity index (χ4v) is 3.69. The van der Waals surface area contributed by atoms with Crippen LogP contribution >= 0.6 is 0 Å². The average Bonchev–Trinajstić information content (AvgIpc) is 3.20. The molecule has 1 N–H and O–H groups in total. The summed E-state index contributed by atoms with van der Waals surface area (Å²) in [5.74, 6) is 0.834. The molecule has 0 aliphatic carbocycles. The number of para-hydroxylation sites is 1. The number of rotatable bonds is 8. The molecule has 0 atom stereocenters.